The van der Waals surface area contributed by atoms with Crippen molar-refractivity contribution in [2.24, 2.45) is 0 Å². The molecule has 0 unspecified atom stereocenters. The number of hydrogen-bond acceptors (Lipinski definition) is 2. The van der Waals surface area contributed by atoms with Crippen molar-refractivity contribution in [2.45, 2.75) is 6.92 Å². The summed E-state index contributed by atoms with van der Waals surface area (Å²) >= 11 is 0. The van der Waals surface area contributed by atoms with E-state index in [4.69, 9.17) is 4.74 Å². The standard InChI is InChI=1S/C33H25NO2/c1-2-36-33(35)31-29-20-12-13-21-30(29)34(32(31)27-18-10-5-11-19-27)28(24-26-16-8-4-9-17-26)23-22-25-14-6-3-7-15-25/h3-21,24H,2H2,1H3/b28-24-. The second-order valence-corrected chi connectivity index (χ2v) is 8.22. The van der Waals surface area contributed by atoms with Gasteiger partial charge in [-0.1, -0.05) is 103 Å². The van der Waals surface area contributed by atoms with Crippen molar-refractivity contribution in [3.8, 4) is 23.1 Å². The van der Waals surface area contributed by atoms with Crippen LogP contribution in [0.4, 0.5) is 0 Å². The number of para-hydroxylation sites is 1. The Labute approximate surface area is 211 Å². The van der Waals surface area contributed by atoms with Crippen LogP contribution < -0.4 is 0 Å². The fourth-order valence-electron chi connectivity index (χ4n) is 4.29. The summed E-state index contributed by atoms with van der Waals surface area (Å²) in [5.74, 6) is 6.38. The van der Waals surface area contributed by atoms with Crippen LogP contribution in [0.1, 0.15) is 28.4 Å². The number of ether oxygens (including phenoxy) is 1. The Morgan fingerprint density at radius 2 is 1.42 bits per heavy atom. The Balaban J connectivity index is 1.86. The van der Waals surface area contributed by atoms with E-state index in [1.54, 1.807) is 0 Å². The topological polar surface area (TPSA) is 31.2 Å². The zero-order valence-corrected chi connectivity index (χ0v) is 20.0. The molecule has 3 nitrogen and oxygen atoms in total. The highest BCUT2D eigenvalue weighted by Crippen LogP contribution is 2.37. The molecular formula is C33H25NO2. The Hall–Kier alpha value is -4.81. The van der Waals surface area contributed by atoms with Crippen LogP contribution in [0.25, 0.3) is 33.9 Å². The van der Waals surface area contributed by atoms with Crippen molar-refractivity contribution in [1.82, 2.24) is 4.57 Å². The average Bonchev–Trinajstić information content (AvgIpc) is 3.28. The molecule has 0 spiro atoms. The van der Waals surface area contributed by atoms with Gasteiger partial charge in [-0.2, -0.15) is 0 Å². The zero-order valence-electron chi connectivity index (χ0n) is 20.0. The van der Waals surface area contributed by atoms with Crippen molar-refractivity contribution >= 4 is 28.6 Å². The fraction of sp³-hybridized carbons (Fsp3) is 0.0606. The van der Waals surface area contributed by atoms with E-state index in [1.807, 2.05) is 122 Å². The Bertz CT molecular complexity index is 1590. The summed E-state index contributed by atoms with van der Waals surface area (Å²) in [5.41, 5.74) is 5.81. The first kappa shape index (κ1) is 23.0. The molecule has 3 heteroatoms. The highest BCUT2D eigenvalue weighted by molar-refractivity contribution is 6.12. The predicted octanol–water partition coefficient (Wildman–Crippen LogP) is 7.53. The van der Waals surface area contributed by atoms with Crippen molar-refractivity contribution < 1.29 is 9.53 Å². The van der Waals surface area contributed by atoms with Crippen LogP contribution in [0.5, 0.6) is 0 Å². The van der Waals surface area contributed by atoms with Crippen LogP contribution in [-0.4, -0.2) is 17.1 Å². The number of allylic oxidation sites excluding steroid dienone is 1. The highest BCUT2D eigenvalue weighted by Gasteiger charge is 2.25. The second-order valence-electron chi connectivity index (χ2n) is 8.22. The largest absolute Gasteiger partial charge is 0.462 e. The Morgan fingerprint density at radius 1 is 0.806 bits per heavy atom. The molecule has 5 aromatic rings. The lowest BCUT2D eigenvalue weighted by Gasteiger charge is -2.13. The van der Waals surface area contributed by atoms with E-state index < -0.39 is 0 Å². The van der Waals surface area contributed by atoms with E-state index in [-0.39, 0.29) is 5.97 Å². The molecule has 0 radical (unpaired) electrons. The number of fused-ring (bicyclic) bond motifs is 1. The summed E-state index contributed by atoms with van der Waals surface area (Å²) in [7, 11) is 0. The second kappa shape index (κ2) is 10.6. The molecule has 5 rings (SSSR count). The monoisotopic (exact) mass is 467 g/mol. The van der Waals surface area contributed by atoms with E-state index in [1.165, 1.54) is 0 Å². The van der Waals surface area contributed by atoms with Gasteiger partial charge in [0.25, 0.3) is 0 Å². The minimum absolute atomic E-state index is 0.299. The molecule has 0 saturated heterocycles. The number of aromatic nitrogens is 1. The predicted molar refractivity (Wildman–Crippen MR) is 147 cm³/mol. The molecule has 1 heterocycles. The lowest BCUT2D eigenvalue weighted by atomic mass is 10.0. The van der Waals surface area contributed by atoms with Gasteiger partial charge in [0.2, 0.25) is 0 Å². The molecule has 0 aliphatic heterocycles. The molecule has 0 N–H and O–H groups in total. The lowest BCUT2D eigenvalue weighted by molar-refractivity contribution is 0.0529. The zero-order chi connectivity index (χ0) is 24.7. The molecular weight excluding hydrogens is 442 g/mol. The number of rotatable bonds is 5. The van der Waals surface area contributed by atoms with E-state index in [2.05, 4.69) is 22.5 Å². The van der Waals surface area contributed by atoms with Gasteiger partial charge in [0.05, 0.1) is 29.1 Å². The van der Waals surface area contributed by atoms with Crippen molar-refractivity contribution in [3.05, 3.63) is 132 Å². The first-order valence-electron chi connectivity index (χ1n) is 12.0. The van der Waals surface area contributed by atoms with Gasteiger partial charge in [0, 0.05) is 10.9 Å². The molecule has 0 amide bonds. The first-order chi connectivity index (χ1) is 17.8. The highest BCUT2D eigenvalue weighted by atomic mass is 16.5. The smallest absolute Gasteiger partial charge is 0.340 e. The van der Waals surface area contributed by atoms with E-state index in [9.17, 15) is 4.79 Å². The third-order valence-electron chi connectivity index (χ3n) is 5.85. The van der Waals surface area contributed by atoms with Crippen molar-refractivity contribution in [2.75, 3.05) is 6.61 Å². The van der Waals surface area contributed by atoms with Gasteiger partial charge in [-0.3, -0.25) is 0 Å². The molecule has 0 saturated carbocycles. The Kier molecular flexibility index (Phi) is 6.78. The number of carbonyl (C=O) groups excluding carboxylic acids is 1. The van der Waals surface area contributed by atoms with Gasteiger partial charge in [0.1, 0.15) is 0 Å². The third-order valence-corrected chi connectivity index (χ3v) is 5.85. The van der Waals surface area contributed by atoms with Crippen molar-refractivity contribution in [3.63, 3.8) is 0 Å². The molecule has 36 heavy (non-hydrogen) atoms. The SMILES string of the molecule is CCOC(=O)c1c(-c2ccccc2)n(/C(C#Cc2ccccc2)=C\c2ccccc2)c2ccccc12. The molecule has 0 atom stereocenters. The van der Waals surface area contributed by atoms with Crippen LogP contribution in [-0.2, 0) is 4.74 Å². The van der Waals surface area contributed by atoms with Gasteiger partial charge in [0.15, 0.2) is 0 Å². The average molecular weight is 468 g/mol. The maximum atomic E-state index is 13.3. The maximum Gasteiger partial charge on any atom is 0.340 e. The molecule has 0 fully saturated rings. The maximum absolute atomic E-state index is 13.3. The van der Waals surface area contributed by atoms with Gasteiger partial charge in [-0.15, -0.1) is 0 Å². The lowest BCUT2D eigenvalue weighted by Crippen LogP contribution is -2.07. The molecule has 0 aliphatic carbocycles. The summed E-state index contributed by atoms with van der Waals surface area (Å²) in [6, 6.07) is 37.9. The quantitative estimate of drug-likeness (QED) is 0.198. The fourth-order valence-corrected chi connectivity index (χ4v) is 4.29. The molecule has 0 aliphatic rings. The van der Waals surface area contributed by atoms with Crippen LogP contribution in [0, 0.1) is 11.8 Å². The van der Waals surface area contributed by atoms with Crippen LogP contribution in [0.2, 0.25) is 0 Å². The van der Waals surface area contributed by atoms with Gasteiger partial charge in [-0.25, -0.2) is 4.79 Å². The number of carbonyl (C=O) groups is 1. The molecule has 174 valence electrons. The summed E-state index contributed by atoms with van der Waals surface area (Å²) in [5, 5.41) is 0.829. The molecule has 4 aromatic carbocycles. The minimum atomic E-state index is -0.346. The summed E-state index contributed by atoms with van der Waals surface area (Å²) in [6.07, 6.45) is 2.06. The Morgan fingerprint density at radius 3 is 2.11 bits per heavy atom. The number of hydrogen-bond donors (Lipinski definition) is 0. The summed E-state index contributed by atoms with van der Waals surface area (Å²) in [6.45, 7) is 2.12. The first-order valence-corrected chi connectivity index (χ1v) is 12.0. The van der Waals surface area contributed by atoms with E-state index in [0.717, 1.165) is 39.0 Å². The normalized spacial score (nSPS) is 11.1. The number of esters is 1. The number of benzene rings is 4. The summed E-state index contributed by atoms with van der Waals surface area (Å²) < 4.78 is 7.61. The summed E-state index contributed by atoms with van der Waals surface area (Å²) in [4.78, 5) is 13.3. The third kappa shape index (κ3) is 4.71. The van der Waals surface area contributed by atoms with Gasteiger partial charge < -0.3 is 9.30 Å². The molecule has 0 bridgehead atoms. The van der Waals surface area contributed by atoms with Crippen LogP contribution in [0.3, 0.4) is 0 Å². The number of nitrogens with zero attached hydrogens (tertiary/aromatic N) is 1. The van der Waals surface area contributed by atoms with E-state index in [0.29, 0.717) is 12.2 Å². The van der Waals surface area contributed by atoms with Gasteiger partial charge in [-0.05, 0) is 48.2 Å². The van der Waals surface area contributed by atoms with E-state index >= 15 is 0 Å². The van der Waals surface area contributed by atoms with Crippen LogP contribution >= 0.6 is 0 Å². The van der Waals surface area contributed by atoms with Crippen LogP contribution in [0.15, 0.2) is 115 Å². The minimum Gasteiger partial charge on any atom is -0.462 e. The molecule has 1 aromatic heterocycles. The van der Waals surface area contributed by atoms with Crippen molar-refractivity contribution in [1.29, 1.82) is 0 Å². The van der Waals surface area contributed by atoms with Gasteiger partial charge >= 0.3 is 5.97 Å².